The molecule has 0 bridgehead atoms. The zero-order chi connectivity index (χ0) is 14.4. The maximum absolute atomic E-state index is 12.0. The minimum Gasteiger partial charge on any atom is -0.354 e. The monoisotopic (exact) mass is 326 g/mol. The summed E-state index contributed by atoms with van der Waals surface area (Å²) in [5, 5.41) is 5.54. The van der Waals surface area contributed by atoms with E-state index in [0.717, 1.165) is 10.0 Å². The van der Waals surface area contributed by atoms with Gasteiger partial charge in [-0.2, -0.15) is 0 Å². The summed E-state index contributed by atoms with van der Waals surface area (Å²) in [5.74, 6) is -0.173. The lowest BCUT2D eigenvalue weighted by molar-refractivity contribution is -0.123. The molecule has 0 aliphatic rings. The van der Waals surface area contributed by atoms with Crippen LogP contribution in [-0.2, 0) is 4.79 Å². The van der Waals surface area contributed by atoms with E-state index >= 15 is 0 Å². The molecule has 4 nitrogen and oxygen atoms in total. The average molecular weight is 327 g/mol. The zero-order valence-corrected chi connectivity index (χ0v) is 13.0. The molecule has 104 valence electrons. The molecule has 5 heteroatoms. The van der Waals surface area contributed by atoms with Crippen molar-refractivity contribution in [3.05, 3.63) is 33.8 Å². The Morgan fingerprint density at radius 3 is 2.47 bits per heavy atom. The molecule has 0 fully saturated rings. The van der Waals surface area contributed by atoms with Crippen LogP contribution in [0.2, 0.25) is 0 Å². The van der Waals surface area contributed by atoms with E-state index < -0.39 is 0 Å². The van der Waals surface area contributed by atoms with Crippen LogP contribution in [0.1, 0.15) is 29.8 Å². The molecule has 2 N–H and O–H groups in total. The quantitative estimate of drug-likeness (QED) is 0.815. The highest BCUT2D eigenvalue weighted by atomic mass is 79.9. The van der Waals surface area contributed by atoms with Crippen molar-refractivity contribution in [1.29, 1.82) is 0 Å². The molecule has 1 aromatic carbocycles. The fraction of sp³-hybridized carbons (Fsp3) is 0.429. The Morgan fingerprint density at radius 2 is 1.84 bits per heavy atom. The third-order valence-corrected chi connectivity index (χ3v) is 3.61. The molecule has 0 spiro atoms. The van der Waals surface area contributed by atoms with E-state index in [1.54, 1.807) is 6.07 Å². The summed E-state index contributed by atoms with van der Waals surface area (Å²) in [7, 11) is 0. The Labute approximate surface area is 122 Å². The van der Waals surface area contributed by atoms with Crippen LogP contribution >= 0.6 is 15.9 Å². The number of carbonyl (C=O) groups excluding carboxylic acids is 2. The molecule has 2 amide bonds. The summed E-state index contributed by atoms with van der Waals surface area (Å²) in [5.41, 5.74) is 1.55. The summed E-state index contributed by atoms with van der Waals surface area (Å²) < 4.78 is 0.910. The fourth-order valence-electron chi connectivity index (χ4n) is 1.51. The molecular weight excluding hydrogens is 308 g/mol. The Morgan fingerprint density at radius 1 is 1.21 bits per heavy atom. The summed E-state index contributed by atoms with van der Waals surface area (Å²) in [6.45, 7) is 6.41. The zero-order valence-electron chi connectivity index (χ0n) is 11.4. The third-order valence-electron chi connectivity index (χ3n) is 2.75. The SMILES string of the molecule is Cc1c(Br)cccc1C(=O)NCCNC(=O)C(C)C. The van der Waals surface area contributed by atoms with Crippen LogP contribution < -0.4 is 10.6 Å². The smallest absolute Gasteiger partial charge is 0.251 e. The van der Waals surface area contributed by atoms with Crippen molar-refractivity contribution in [2.24, 2.45) is 5.92 Å². The van der Waals surface area contributed by atoms with Gasteiger partial charge >= 0.3 is 0 Å². The Kier molecular flexibility index (Phi) is 6.02. The molecule has 1 rings (SSSR count). The molecular formula is C14H19BrN2O2. The fourth-order valence-corrected chi connectivity index (χ4v) is 1.88. The second-order valence-electron chi connectivity index (χ2n) is 4.61. The van der Waals surface area contributed by atoms with Gasteiger partial charge in [-0.1, -0.05) is 35.8 Å². The van der Waals surface area contributed by atoms with Gasteiger partial charge in [-0.25, -0.2) is 0 Å². The van der Waals surface area contributed by atoms with E-state index in [0.29, 0.717) is 18.7 Å². The number of hydrogen-bond donors (Lipinski definition) is 2. The van der Waals surface area contributed by atoms with Crippen LogP contribution in [0.5, 0.6) is 0 Å². The summed E-state index contributed by atoms with van der Waals surface area (Å²) in [6.07, 6.45) is 0. The van der Waals surface area contributed by atoms with Crippen LogP contribution in [-0.4, -0.2) is 24.9 Å². The maximum atomic E-state index is 12.0. The number of carbonyl (C=O) groups is 2. The van der Waals surface area contributed by atoms with Crippen molar-refractivity contribution in [1.82, 2.24) is 10.6 Å². The lowest BCUT2D eigenvalue weighted by Crippen LogP contribution is -2.36. The van der Waals surface area contributed by atoms with Gasteiger partial charge in [-0.3, -0.25) is 9.59 Å². The van der Waals surface area contributed by atoms with E-state index in [9.17, 15) is 9.59 Å². The third kappa shape index (κ3) is 4.67. The number of halogens is 1. The molecule has 0 atom stereocenters. The first kappa shape index (κ1) is 15.7. The van der Waals surface area contributed by atoms with Crippen LogP contribution in [0.3, 0.4) is 0 Å². The van der Waals surface area contributed by atoms with Crippen molar-refractivity contribution < 1.29 is 9.59 Å². The number of benzene rings is 1. The highest BCUT2D eigenvalue weighted by Crippen LogP contribution is 2.19. The maximum Gasteiger partial charge on any atom is 0.251 e. The second kappa shape index (κ2) is 7.28. The van der Waals surface area contributed by atoms with Gasteiger partial charge in [0.2, 0.25) is 5.91 Å². The molecule has 0 aromatic heterocycles. The van der Waals surface area contributed by atoms with Gasteiger partial charge < -0.3 is 10.6 Å². The number of rotatable bonds is 5. The van der Waals surface area contributed by atoms with E-state index in [1.807, 2.05) is 32.9 Å². The van der Waals surface area contributed by atoms with Crippen molar-refractivity contribution in [2.45, 2.75) is 20.8 Å². The molecule has 0 saturated heterocycles. The molecule has 0 heterocycles. The predicted octanol–water partition coefficient (Wildman–Crippen LogP) is 2.26. The van der Waals surface area contributed by atoms with Crippen LogP contribution in [0, 0.1) is 12.8 Å². The van der Waals surface area contributed by atoms with E-state index in [-0.39, 0.29) is 17.7 Å². The van der Waals surface area contributed by atoms with Gasteiger partial charge in [0, 0.05) is 29.0 Å². The van der Waals surface area contributed by atoms with E-state index in [2.05, 4.69) is 26.6 Å². The van der Waals surface area contributed by atoms with Gasteiger partial charge in [0.25, 0.3) is 5.91 Å². The van der Waals surface area contributed by atoms with Crippen LogP contribution in [0.15, 0.2) is 22.7 Å². The predicted molar refractivity (Wildman–Crippen MR) is 79.1 cm³/mol. The van der Waals surface area contributed by atoms with Crippen molar-refractivity contribution in [2.75, 3.05) is 13.1 Å². The summed E-state index contributed by atoms with van der Waals surface area (Å²) in [4.78, 5) is 23.3. The average Bonchev–Trinajstić information content (AvgIpc) is 2.37. The van der Waals surface area contributed by atoms with Gasteiger partial charge in [-0.05, 0) is 24.6 Å². The molecule has 0 aliphatic carbocycles. The van der Waals surface area contributed by atoms with Gasteiger partial charge in [-0.15, -0.1) is 0 Å². The van der Waals surface area contributed by atoms with Gasteiger partial charge in [0.15, 0.2) is 0 Å². The number of nitrogens with one attached hydrogen (secondary N) is 2. The highest BCUT2D eigenvalue weighted by Gasteiger charge is 2.10. The first-order valence-electron chi connectivity index (χ1n) is 6.24. The normalized spacial score (nSPS) is 10.4. The van der Waals surface area contributed by atoms with Crippen LogP contribution in [0.25, 0.3) is 0 Å². The Balaban J connectivity index is 2.44. The second-order valence-corrected chi connectivity index (χ2v) is 5.47. The van der Waals surface area contributed by atoms with Crippen molar-refractivity contribution >= 4 is 27.7 Å². The minimum atomic E-state index is -0.127. The summed E-state index contributed by atoms with van der Waals surface area (Å²) >= 11 is 3.39. The van der Waals surface area contributed by atoms with E-state index in [4.69, 9.17) is 0 Å². The molecule has 0 unspecified atom stereocenters. The highest BCUT2D eigenvalue weighted by molar-refractivity contribution is 9.10. The number of amides is 2. The standard InChI is InChI=1S/C14H19BrN2O2/c1-9(2)13(18)16-7-8-17-14(19)11-5-4-6-12(15)10(11)3/h4-6,9H,7-8H2,1-3H3,(H,16,18)(H,17,19). The van der Waals surface area contributed by atoms with Crippen LogP contribution in [0.4, 0.5) is 0 Å². The largest absolute Gasteiger partial charge is 0.354 e. The lowest BCUT2D eigenvalue weighted by Gasteiger charge is -2.10. The van der Waals surface area contributed by atoms with Crippen molar-refractivity contribution in [3.63, 3.8) is 0 Å². The van der Waals surface area contributed by atoms with Gasteiger partial charge in [0.05, 0.1) is 0 Å². The molecule has 0 saturated carbocycles. The molecule has 0 aliphatic heterocycles. The first-order chi connectivity index (χ1) is 8.93. The van der Waals surface area contributed by atoms with Gasteiger partial charge in [0.1, 0.15) is 0 Å². The summed E-state index contributed by atoms with van der Waals surface area (Å²) in [6, 6.07) is 5.50. The topological polar surface area (TPSA) is 58.2 Å². The first-order valence-corrected chi connectivity index (χ1v) is 7.03. The minimum absolute atomic E-state index is 0.00659. The molecule has 1 aromatic rings. The van der Waals surface area contributed by atoms with Crippen molar-refractivity contribution in [3.8, 4) is 0 Å². The Hall–Kier alpha value is -1.36. The lowest BCUT2D eigenvalue weighted by atomic mass is 10.1. The molecule has 19 heavy (non-hydrogen) atoms. The number of hydrogen-bond acceptors (Lipinski definition) is 2. The Bertz CT molecular complexity index is 473. The van der Waals surface area contributed by atoms with E-state index in [1.165, 1.54) is 0 Å². The molecule has 0 radical (unpaired) electrons.